The predicted octanol–water partition coefficient (Wildman–Crippen LogP) is 6.73. The minimum absolute atomic E-state index is 0.119. The van der Waals surface area contributed by atoms with Crippen molar-refractivity contribution in [1.29, 1.82) is 0 Å². The summed E-state index contributed by atoms with van der Waals surface area (Å²) in [6.07, 6.45) is 5.31. The Kier molecular flexibility index (Phi) is 5.32. The Morgan fingerprint density at radius 1 is 1.03 bits per heavy atom. The minimum Gasteiger partial charge on any atom is -0.378 e. The largest absolute Gasteiger partial charge is 0.378 e. The number of benzene rings is 3. The smallest absolute Gasteiger partial charge is 0.261 e. The maximum absolute atomic E-state index is 13.0. The molecule has 3 atom stereocenters. The van der Waals surface area contributed by atoms with Crippen LogP contribution in [-0.2, 0) is 10.0 Å². The molecule has 158 valence electrons. The van der Waals surface area contributed by atoms with Crippen molar-refractivity contribution in [2.75, 3.05) is 10.0 Å². The highest BCUT2D eigenvalue weighted by atomic mass is 79.9. The SMILES string of the molecule is O=S(=O)(Nc1cccc(Br)c1)c1ccc2c(c1)[C@H]1C=CC[C@H]1[C@@H](c1cccc(Cl)c1)N2. The molecule has 0 saturated heterocycles. The van der Waals surface area contributed by atoms with Crippen molar-refractivity contribution in [3.05, 3.63) is 99.5 Å². The first-order valence-corrected chi connectivity index (χ1v) is 12.7. The molecule has 3 aromatic rings. The molecular weight excluding hydrogens is 496 g/mol. The summed E-state index contributed by atoms with van der Waals surface area (Å²) in [4.78, 5) is 0.258. The van der Waals surface area contributed by atoms with Gasteiger partial charge in [0.2, 0.25) is 0 Å². The van der Waals surface area contributed by atoms with Crippen molar-refractivity contribution in [3.8, 4) is 0 Å². The van der Waals surface area contributed by atoms with Crippen LogP contribution in [0.4, 0.5) is 11.4 Å². The number of nitrogens with one attached hydrogen (secondary N) is 2. The first kappa shape index (κ1) is 20.6. The summed E-state index contributed by atoms with van der Waals surface area (Å²) in [6.45, 7) is 0. The number of hydrogen-bond donors (Lipinski definition) is 2. The molecule has 1 heterocycles. The van der Waals surface area contributed by atoms with Crippen LogP contribution in [-0.4, -0.2) is 8.42 Å². The van der Waals surface area contributed by atoms with Gasteiger partial charge in [0.1, 0.15) is 0 Å². The first-order chi connectivity index (χ1) is 14.9. The molecule has 2 aliphatic rings. The Balaban J connectivity index is 1.50. The molecule has 0 bridgehead atoms. The zero-order valence-corrected chi connectivity index (χ0v) is 19.6. The lowest BCUT2D eigenvalue weighted by Crippen LogP contribution is -2.29. The van der Waals surface area contributed by atoms with E-state index in [0.717, 1.165) is 27.7 Å². The molecule has 4 nitrogen and oxygen atoms in total. The third-order valence-electron chi connectivity index (χ3n) is 5.93. The fourth-order valence-electron chi connectivity index (χ4n) is 4.54. The lowest BCUT2D eigenvalue weighted by atomic mass is 9.77. The Bertz CT molecular complexity index is 1290. The molecule has 0 fully saturated rings. The maximum atomic E-state index is 13.0. The lowest BCUT2D eigenvalue weighted by molar-refractivity contribution is 0.425. The highest BCUT2D eigenvalue weighted by Gasteiger charge is 2.38. The number of fused-ring (bicyclic) bond motifs is 3. The van der Waals surface area contributed by atoms with Crippen molar-refractivity contribution in [1.82, 2.24) is 0 Å². The summed E-state index contributed by atoms with van der Waals surface area (Å²) in [7, 11) is -3.70. The standard InChI is InChI=1S/C24H20BrClN2O2S/c25-16-5-2-7-18(13-16)28-31(29,30)19-10-11-23-22(14-19)20-8-3-9-21(20)24(27-23)15-4-1-6-17(26)12-15/h1-8,10-14,20-21,24,27-28H,9H2/t20-,21+,24+/m0/s1. The molecule has 2 N–H and O–H groups in total. The molecule has 0 saturated carbocycles. The Morgan fingerprint density at radius 2 is 1.87 bits per heavy atom. The predicted molar refractivity (Wildman–Crippen MR) is 129 cm³/mol. The van der Waals surface area contributed by atoms with Crippen molar-refractivity contribution in [3.63, 3.8) is 0 Å². The number of rotatable bonds is 4. The first-order valence-electron chi connectivity index (χ1n) is 10.0. The molecule has 7 heteroatoms. The second kappa shape index (κ2) is 8.01. The molecule has 0 aromatic heterocycles. The van der Waals surface area contributed by atoms with Crippen LogP contribution in [0.5, 0.6) is 0 Å². The van der Waals surface area contributed by atoms with E-state index in [-0.39, 0.29) is 16.9 Å². The topological polar surface area (TPSA) is 58.2 Å². The monoisotopic (exact) mass is 514 g/mol. The van der Waals surface area contributed by atoms with E-state index in [1.165, 1.54) is 0 Å². The van der Waals surface area contributed by atoms with E-state index in [2.05, 4.69) is 44.2 Å². The van der Waals surface area contributed by atoms with Crippen LogP contribution in [0.25, 0.3) is 0 Å². The molecule has 1 aliphatic carbocycles. The second-order valence-corrected chi connectivity index (χ2v) is 10.9. The number of halogens is 2. The summed E-state index contributed by atoms with van der Waals surface area (Å²) in [6, 6.07) is 20.5. The number of anilines is 2. The number of hydrogen-bond acceptors (Lipinski definition) is 3. The maximum Gasteiger partial charge on any atom is 0.261 e. The average Bonchev–Trinajstić information content (AvgIpc) is 3.23. The molecule has 3 aromatic carbocycles. The van der Waals surface area contributed by atoms with Gasteiger partial charge in [0, 0.05) is 26.8 Å². The minimum atomic E-state index is -3.70. The summed E-state index contributed by atoms with van der Waals surface area (Å²) in [5.41, 5.74) is 3.63. The van der Waals surface area contributed by atoms with Crippen LogP contribution in [0.15, 0.2) is 88.3 Å². The molecule has 0 unspecified atom stereocenters. The van der Waals surface area contributed by atoms with Gasteiger partial charge >= 0.3 is 0 Å². The van der Waals surface area contributed by atoms with Crippen LogP contribution in [0, 0.1) is 5.92 Å². The summed E-state index contributed by atoms with van der Waals surface area (Å²) >= 11 is 9.61. The zero-order valence-electron chi connectivity index (χ0n) is 16.4. The van der Waals surface area contributed by atoms with Gasteiger partial charge in [0.15, 0.2) is 0 Å². The fraction of sp³-hybridized carbons (Fsp3) is 0.167. The van der Waals surface area contributed by atoms with E-state index in [1.54, 1.807) is 30.3 Å². The van der Waals surface area contributed by atoms with Gasteiger partial charge in [-0.05, 0) is 72.0 Å². The Hall–Kier alpha value is -2.28. The quantitative estimate of drug-likeness (QED) is 0.379. The van der Waals surface area contributed by atoms with Crippen LogP contribution >= 0.6 is 27.5 Å². The highest BCUT2D eigenvalue weighted by molar-refractivity contribution is 9.10. The second-order valence-electron chi connectivity index (χ2n) is 7.90. The number of allylic oxidation sites excluding steroid dienone is 2. The summed E-state index contributed by atoms with van der Waals surface area (Å²) in [5.74, 6) is 0.461. The molecule has 1 aliphatic heterocycles. The van der Waals surface area contributed by atoms with Gasteiger partial charge in [-0.1, -0.05) is 57.9 Å². The van der Waals surface area contributed by atoms with Crippen molar-refractivity contribution >= 4 is 48.9 Å². The number of sulfonamides is 1. The van der Waals surface area contributed by atoms with E-state index in [1.807, 2.05) is 30.3 Å². The lowest BCUT2D eigenvalue weighted by Gasteiger charge is -2.37. The van der Waals surface area contributed by atoms with Gasteiger partial charge in [0.25, 0.3) is 10.0 Å². The van der Waals surface area contributed by atoms with Gasteiger partial charge < -0.3 is 5.32 Å². The van der Waals surface area contributed by atoms with Gasteiger partial charge in [-0.2, -0.15) is 0 Å². The average molecular weight is 516 g/mol. The van der Waals surface area contributed by atoms with Crippen molar-refractivity contribution in [2.45, 2.75) is 23.3 Å². The normalized spacial score (nSPS) is 21.8. The van der Waals surface area contributed by atoms with Crippen LogP contribution in [0.2, 0.25) is 5.02 Å². The van der Waals surface area contributed by atoms with Crippen molar-refractivity contribution in [2.24, 2.45) is 5.92 Å². The van der Waals surface area contributed by atoms with Gasteiger partial charge in [0.05, 0.1) is 10.9 Å². The molecule has 0 amide bonds. The molecular formula is C24H20BrClN2O2S. The molecule has 5 rings (SSSR count). The van der Waals surface area contributed by atoms with Crippen molar-refractivity contribution < 1.29 is 8.42 Å². The highest BCUT2D eigenvalue weighted by Crippen LogP contribution is 2.50. The summed E-state index contributed by atoms with van der Waals surface area (Å²) in [5, 5.41) is 4.34. The molecule has 31 heavy (non-hydrogen) atoms. The molecule has 0 spiro atoms. The zero-order chi connectivity index (χ0) is 21.6. The third kappa shape index (κ3) is 4.00. The van der Waals surface area contributed by atoms with Crippen LogP contribution in [0.1, 0.15) is 29.5 Å². The van der Waals surface area contributed by atoms with E-state index in [4.69, 9.17) is 11.6 Å². The van der Waals surface area contributed by atoms with Gasteiger partial charge in [-0.15, -0.1) is 0 Å². The summed E-state index contributed by atoms with van der Waals surface area (Å²) < 4.78 is 29.6. The Labute approximate surface area is 195 Å². The van der Waals surface area contributed by atoms with Crippen LogP contribution in [0.3, 0.4) is 0 Å². The van der Waals surface area contributed by atoms with E-state index < -0.39 is 10.0 Å². The van der Waals surface area contributed by atoms with E-state index in [9.17, 15) is 8.42 Å². The Morgan fingerprint density at radius 3 is 2.68 bits per heavy atom. The van der Waals surface area contributed by atoms with Gasteiger partial charge in [-0.3, -0.25) is 4.72 Å². The van der Waals surface area contributed by atoms with Gasteiger partial charge in [-0.25, -0.2) is 8.42 Å². The fourth-order valence-corrected chi connectivity index (χ4v) is 6.22. The van der Waals surface area contributed by atoms with E-state index >= 15 is 0 Å². The third-order valence-corrected chi connectivity index (χ3v) is 8.04. The van der Waals surface area contributed by atoms with E-state index in [0.29, 0.717) is 16.6 Å². The molecule has 0 radical (unpaired) electrons. The van der Waals surface area contributed by atoms with Crippen LogP contribution < -0.4 is 10.0 Å².